The number of fused-ring (bicyclic) bond motifs is 18. The van der Waals surface area contributed by atoms with Crippen LogP contribution in [0.15, 0.2) is 127 Å². The lowest BCUT2D eigenvalue weighted by molar-refractivity contribution is -0.142. The molecular formula is C51H55N5O9. The Balaban J connectivity index is 1.36. The highest BCUT2D eigenvalue weighted by Gasteiger charge is 2.33. The predicted octanol–water partition coefficient (Wildman–Crippen LogP) is 4.56. The number of hydrogen-bond donors (Lipinski definition) is 7. The van der Waals surface area contributed by atoms with E-state index in [1.54, 1.807) is 66.7 Å². The molecule has 5 atom stereocenters. The number of amides is 5. The Hall–Kier alpha value is -7.32. The van der Waals surface area contributed by atoms with Gasteiger partial charge in [0.1, 0.15) is 36.0 Å². The first-order valence-electron chi connectivity index (χ1n) is 21.6. The van der Waals surface area contributed by atoms with E-state index in [0.717, 1.165) is 17.5 Å². The number of ether oxygens (including phenoxy) is 1. The number of anilines is 1. The molecule has 0 aliphatic carbocycles. The second-order valence-corrected chi connectivity index (χ2v) is 16.7. The maximum atomic E-state index is 14.6. The molecule has 0 aromatic heterocycles. The number of methoxy groups -OCH3 is 1. The minimum Gasteiger partial charge on any atom is -0.497 e. The third-order valence-corrected chi connectivity index (χ3v) is 11.1. The lowest BCUT2D eigenvalue weighted by Gasteiger charge is -2.26. The van der Waals surface area contributed by atoms with E-state index in [4.69, 9.17) is 4.74 Å². The summed E-state index contributed by atoms with van der Waals surface area (Å²) in [4.78, 5) is 82.3. The van der Waals surface area contributed by atoms with Gasteiger partial charge in [-0.25, -0.2) is 4.79 Å². The van der Waals surface area contributed by atoms with Crippen LogP contribution in [0.5, 0.6) is 5.75 Å². The van der Waals surface area contributed by atoms with Crippen LogP contribution < -0.4 is 31.3 Å². The highest BCUT2D eigenvalue weighted by atomic mass is 16.5. The summed E-state index contributed by atoms with van der Waals surface area (Å²) >= 11 is 0. The molecule has 2 heterocycles. The van der Waals surface area contributed by atoms with Crippen molar-refractivity contribution in [3.05, 3.63) is 155 Å². The van der Waals surface area contributed by atoms with Gasteiger partial charge in [-0.05, 0) is 75.5 Å². The van der Waals surface area contributed by atoms with Crippen molar-refractivity contribution in [1.82, 2.24) is 21.3 Å². The van der Waals surface area contributed by atoms with E-state index in [1.807, 2.05) is 24.3 Å². The van der Waals surface area contributed by atoms with Gasteiger partial charge in [-0.3, -0.25) is 24.0 Å². The zero-order valence-corrected chi connectivity index (χ0v) is 36.6. The van der Waals surface area contributed by atoms with E-state index in [9.17, 15) is 39.0 Å². The SMILES string of the molecule is COc1cccc(CC2NC(=O)CC(O)C(=O)Nc3ccc(cc3)CC(C(=O)O)NC(=O)C(Cc3ccccc3)NC(=O)C(Cc3ccc(-c4ccc(CC(C)C)cc4)cc3)NC2=O)c1. The number of rotatable bonds is 11. The van der Waals surface area contributed by atoms with Gasteiger partial charge in [0.05, 0.1) is 13.5 Å². The molecule has 0 radical (unpaired) electrons. The monoisotopic (exact) mass is 881 g/mol. The molecule has 338 valence electrons. The summed E-state index contributed by atoms with van der Waals surface area (Å²) in [6.07, 6.45) is -1.82. The molecule has 5 unspecified atom stereocenters. The molecule has 14 nitrogen and oxygen atoms in total. The molecule has 0 fully saturated rings. The van der Waals surface area contributed by atoms with Crippen LogP contribution in [-0.2, 0) is 60.9 Å². The van der Waals surface area contributed by atoms with E-state index >= 15 is 0 Å². The zero-order chi connectivity index (χ0) is 46.5. The number of nitrogens with one attached hydrogen (secondary N) is 5. The van der Waals surface area contributed by atoms with E-state index in [0.29, 0.717) is 33.9 Å². The van der Waals surface area contributed by atoms with Crippen LogP contribution in [0.3, 0.4) is 0 Å². The molecule has 65 heavy (non-hydrogen) atoms. The molecule has 7 rings (SSSR count). The summed E-state index contributed by atoms with van der Waals surface area (Å²) in [5, 5.41) is 34.4. The fourth-order valence-electron chi connectivity index (χ4n) is 7.61. The summed E-state index contributed by atoms with van der Waals surface area (Å²) in [5.74, 6) is -4.29. The average molecular weight is 882 g/mol. The van der Waals surface area contributed by atoms with E-state index < -0.39 is 72.2 Å². The van der Waals surface area contributed by atoms with Gasteiger partial charge in [0.2, 0.25) is 23.6 Å². The first-order chi connectivity index (χ1) is 31.2. The second kappa shape index (κ2) is 22.3. The van der Waals surface area contributed by atoms with E-state index in [2.05, 4.69) is 64.7 Å². The second-order valence-electron chi connectivity index (χ2n) is 16.7. The minimum absolute atomic E-state index is 0.0126. The highest BCUT2D eigenvalue weighted by Crippen LogP contribution is 2.23. The Labute approximate surface area is 378 Å². The summed E-state index contributed by atoms with van der Waals surface area (Å²) < 4.78 is 5.38. The maximum Gasteiger partial charge on any atom is 0.326 e. The van der Waals surface area contributed by atoms with Gasteiger partial charge in [-0.2, -0.15) is 0 Å². The minimum atomic E-state index is -1.81. The quantitative estimate of drug-likeness (QED) is 0.0926. The van der Waals surface area contributed by atoms with Gasteiger partial charge in [-0.15, -0.1) is 0 Å². The number of aliphatic hydroxyl groups excluding tert-OH is 1. The normalized spacial score (nSPS) is 20.1. The Kier molecular flexibility index (Phi) is 16.2. The first-order valence-corrected chi connectivity index (χ1v) is 21.6. The fraction of sp³-hybridized carbons (Fsp3) is 0.294. The predicted molar refractivity (Wildman–Crippen MR) is 246 cm³/mol. The van der Waals surface area contributed by atoms with Crippen LogP contribution in [0.1, 0.15) is 48.1 Å². The summed E-state index contributed by atoms with van der Waals surface area (Å²) in [5.41, 5.74) is 5.87. The molecule has 5 aromatic rings. The van der Waals surface area contributed by atoms with Crippen LogP contribution >= 0.6 is 0 Å². The van der Waals surface area contributed by atoms with Crippen LogP contribution in [-0.4, -0.2) is 83.1 Å². The van der Waals surface area contributed by atoms with E-state index in [1.165, 1.54) is 24.8 Å². The van der Waals surface area contributed by atoms with Crippen molar-refractivity contribution in [2.75, 3.05) is 12.4 Å². The Morgan fingerprint density at radius 1 is 0.600 bits per heavy atom. The van der Waals surface area contributed by atoms with Crippen LogP contribution in [0.2, 0.25) is 0 Å². The number of carbonyl (C=O) groups is 6. The molecule has 0 saturated carbocycles. The summed E-state index contributed by atoms with van der Waals surface area (Å²) in [6.45, 7) is 4.34. The third kappa shape index (κ3) is 13.8. The highest BCUT2D eigenvalue weighted by molar-refractivity contribution is 5.98. The van der Waals surface area contributed by atoms with Gasteiger partial charge in [-0.1, -0.05) is 117 Å². The summed E-state index contributed by atoms with van der Waals surface area (Å²) in [7, 11) is 1.49. The first kappa shape index (κ1) is 47.2. The third-order valence-electron chi connectivity index (χ3n) is 11.1. The largest absolute Gasteiger partial charge is 0.497 e. The molecule has 0 saturated heterocycles. The van der Waals surface area contributed by atoms with Gasteiger partial charge >= 0.3 is 5.97 Å². The molecule has 2 aliphatic heterocycles. The van der Waals surface area contributed by atoms with Crippen molar-refractivity contribution in [3.63, 3.8) is 0 Å². The molecular weight excluding hydrogens is 827 g/mol. The topological polar surface area (TPSA) is 212 Å². The summed E-state index contributed by atoms with van der Waals surface area (Å²) in [6, 6.07) is 32.4. The van der Waals surface area contributed by atoms with Crippen molar-refractivity contribution in [2.24, 2.45) is 5.92 Å². The van der Waals surface area contributed by atoms with Crippen molar-refractivity contribution >= 4 is 41.2 Å². The van der Waals surface area contributed by atoms with Crippen LogP contribution in [0, 0.1) is 5.92 Å². The molecule has 2 bridgehead atoms. The van der Waals surface area contributed by atoms with Crippen LogP contribution in [0.25, 0.3) is 11.1 Å². The van der Waals surface area contributed by atoms with Gasteiger partial charge in [0, 0.05) is 31.4 Å². The van der Waals surface area contributed by atoms with Crippen molar-refractivity contribution < 1.29 is 43.7 Å². The maximum absolute atomic E-state index is 14.6. The van der Waals surface area contributed by atoms with E-state index in [-0.39, 0.29) is 31.4 Å². The number of hydrogen-bond acceptors (Lipinski definition) is 8. The molecule has 14 heteroatoms. The standard InChI is InChI=1S/C51H55N5O9/c1-31(2)24-33-12-18-37(19-13-33)38-20-14-34(15-21-38)27-43-48(60)55-42(26-32-8-5-4-6-9-32)49(61)56-44(51(63)64)28-35-16-22-39(23-17-35)52-50(62)45(57)30-46(58)53-41(47(59)54-43)29-36-10-7-11-40(25-36)65-3/h4-23,25,31,41-45,57H,24,26-30H2,1-3H3,(H,52,62)(H,53,58)(H,54,59)(H,55,60)(H,56,61)(H,63,64). The van der Waals surface area contributed by atoms with Gasteiger partial charge in [0.25, 0.3) is 5.91 Å². The lowest BCUT2D eigenvalue weighted by Crippen LogP contribution is -2.59. The molecule has 2 aliphatic rings. The Bertz CT molecular complexity index is 2440. The molecule has 5 aromatic carbocycles. The number of aliphatic hydroxyl groups is 1. The number of carboxylic acids is 1. The molecule has 5 amide bonds. The number of aliphatic carboxylic acids is 1. The van der Waals surface area contributed by atoms with Crippen molar-refractivity contribution in [1.29, 1.82) is 0 Å². The lowest BCUT2D eigenvalue weighted by atomic mass is 9.97. The van der Waals surface area contributed by atoms with Gasteiger partial charge < -0.3 is 41.5 Å². The zero-order valence-electron chi connectivity index (χ0n) is 36.6. The number of carboxylic acid groups (broad SMARTS) is 1. The molecule has 0 spiro atoms. The smallest absolute Gasteiger partial charge is 0.326 e. The Morgan fingerprint density at radius 2 is 1.12 bits per heavy atom. The average Bonchev–Trinajstić information content (AvgIpc) is 3.29. The molecule has 7 N–H and O–H groups in total. The Morgan fingerprint density at radius 3 is 1.69 bits per heavy atom. The number of carbonyl (C=O) groups excluding carboxylic acids is 5. The van der Waals surface area contributed by atoms with Crippen molar-refractivity contribution in [3.8, 4) is 16.9 Å². The number of benzene rings is 5. The van der Waals surface area contributed by atoms with Crippen LogP contribution in [0.4, 0.5) is 5.69 Å². The van der Waals surface area contributed by atoms with Gasteiger partial charge in [0.15, 0.2) is 0 Å². The van der Waals surface area contributed by atoms with Crippen molar-refractivity contribution in [2.45, 2.75) is 82.6 Å². The fourth-order valence-corrected chi connectivity index (χ4v) is 7.61.